The maximum atomic E-state index is 13.4. The van der Waals surface area contributed by atoms with Crippen LogP contribution in [0, 0.1) is 0 Å². The highest BCUT2D eigenvalue weighted by Gasteiger charge is 2.42. The standard InChI is InChI=1S/C24H19ClF3N3O6/c1-23(2)15-9-13(7-8-16(15)29(3)20(23)33)30-11-17(37-22(35)36)19(32)31(21(30)34)10-12-5-4-6-14(18(12)25)24(26,27)28/h4-9,11H,10H2,1-3H3,(H,35,36). The van der Waals surface area contributed by atoms with Crippen molar-refractivity contribution in [3.8, 4) is 11.4 Å². The first kappa shape index (κ1) is 26.0. The van der Waals surface area contributed by atoms with Gasteiger partial charge in [-0.1, -0.05) is 23.7 Å². The van der Waals surface area contributed by atoms with Crippen LogP contribution in [0.4, 0.5) is 23.7 Å². The van der Waals surface area contributed by atoms with E-state index in [0.29, 0.717) is 15.8 Å². The van der Waals surface area contributed by atoms with E-state index in [4.69, 9.17) is 16.7 Å². The average Bonchev–Trinajstić information content (AvgIpc) is 2.98. The van der Waals surface area contributed by atoms with Crippen molar-refractivity contribution in [3.63, 3.8) is 0 Å². The molecule has 0 unspecified atom stereocenters. The topological polar surface area (TPSA) is 111 Å². The molecule has 2 aromatic carbocycles. The predicted molar refractivity (Wildman–Crippen MR) is 127 cm³/mol. The van der Waals surface area contributed by atoms with Gasteiger partial charge in [0.15, 0.2) is 0 Å². The van der Waals surface area contributed by atoms with Crippen LogP contribution in [-0.4, -0.2) is 33.4 Å². The molecule has 1 aliphatic rings. The summed E-state index contributed by atoms with van der Waals surface area (Å²) in [6.45, 7) is 2.69. The summed E-state index contributed by atoms with van der Waals surface area (Å²) in [6.07, 6.45) is -5.75. The third-order valence-corrected chi connectivity index (χ3v) is 6.63. The molecule has 0 spiro atoms. The zero-order valence-electron chi connectivity index (χ0n) is 19.6. The number of benzene rings is 2. The number of carbonyl (C=O) groups excluding carboxylic acids is 1. The number of anilines is 1. The number of carboxylic acid groups (broad SMARTS) is 1. The Morgan fingerprint density at radius 1 is 1.14 bits per heavy atom. The van der Waals surface area contributed by atoms with Gasteiger partial charge in [-0.2, -0.15) is 13.2 Å². The second kappa shape index (κ2) is 8.80. The first-order valence-corrected chi connectivity index (χ1v) is 11.1. The van der Waals surface area contributed by atoms with Gasteiger partial charge in [0.1, 0.15) is 0 Å². The number of fused-ring (bicyclic) bond motifs is 1. The Morgan fingerprint density at radius 2 is 1.81 bits per heavy atom. The SMILES string of the molecule is CN1C(=O)C(C)(C)c2cc(-n3cc(OC(=O)O)c(=O)n(Cc4cccc(C(F)(F)F)c4Cl)c3=O)ccc21. The molecule has 9 nitrogen and oxygen atoms in total. The van der Waals surface area contributed by atoms with E-state index >= 15 is 0 Å². The fraction of sp³-hybridized carbons (Fsp3) is 0.250. The van der Waals surface area contributed by atoms with Crippen molar-refractivity contribution in [2.45, 2.75) is 32.0 Å². The Labute approximate surface area is 211 Å². The van der Waals surface area contributed by atoms with Gasteiger partial charge in [-0.05, 0) is 49.2 Å². The Balaban J connectivity index is 1.92. The number of likely N-dealkylation sites (N-methyl/N-ethyl adjacent to an activating group) is 1. The molecule has 3 aromatic rings. The van der Waals surface area contributed by atoms with E-state index in [1.165, 1.54) is 23.1 Å². The van der Waals surface area contributed by atoms with Crippen LogP contribution >= 0.6 is 11.6 Å². The lowest BCUT2D eigenvalue weighted by Gasteiger charge is -2.18. The molecule has 194 valence electrons. The smallest absolute Gasteiger partial charge is 0.449 e. The van der Waals surface area contributed by atoms with Crippen LogP contribution in [-0.2, 0) is 22.9 Å². The molecule has 0 atom stereocenters. The van der Waals surface area contributed by atoms with Gasteiger partial charge in [0.25, 0.3) is 5.56 Å². The molecular formula is C24H19ClF3N3O6. The van der Waals surface area contributed by atoms with Crippen LogP contribution < -0.4 is 20.9 Å². The highest BCUT2D eigenvalue weighted by atomic mass is 35.5. The summed E-state index contributed by atoms with van der Waals surface area (Å²) in [5.41, 5.74) is -3.14. The summed E-state index contributed by atoms with van der Waals surface area (Å²) in [5, 5.41) is 8.37. The highest BCUT2D eigenvalue weighted by Crippen LogP contribution is 2.41. The molecule has 13 heteroatoms. The van der Waals surface area contributed by atoms with Crippen molar-refractivity contribution in [2.24, 2.45) is 0 Å². The van der Waals surface area contributed by atoms with E-state index in [1.807, 2.05) is 0 Å². The molecule has 0 bridgehead atoms. The summed E-state index contributed by atoms with van der Waals surface area (Å²) in [5.74, 6) is -0.950. The van der Waals surface area contributed by atoms with Crippen molar-refractivity contribution < 1.29 is 32.6 Å². The van der Waals surface area contributed by atoms with Crippen LogP contribution in [0.25, 0.3) is 5.69 Å². The predicted octanol–water partition coefficient (Wildman–Crippen LogP) is 4.03. The number of amides is 1. The van der Waals surface area contributed by atoms with Gasteiger partial charge in [-0.3, -0.25) is 18.7 Å². The van der Waals surface area contributed by atoms with Gasteiger partial charge < -0.3 is 14.7 Å². The number of halogens is 4. The van der Waals surface area contributed by atoms with Gasteiger partial charge in [-0.15, -0.1) is 0 Å². The average molecular weight is 538 g/mol. The van der Waals surface area contributed by atoms with E-state index in [-0.39, 0.29) is 17.2 Å². The van der Waals surface area contributed by atoms with Crippen molar-refractivity contribution in [1.29, 1.82) is 0 Å². The number of ether oxygens (including phenoxy) is 1. The van der Waals surface area contributed by atoms with Crippen molar-refractivity contribution >= 4 is 29.4 Å². The monoisotopic (exact) mass is 537 g/mol. The van der Waals surface area contributed by atoms with Gasteiger partial charge >= 0.3 is 18.0 Å². The lowest BCUT2D eigenvalue weighted by molar-refractivity contribution is -0.137. The molecule has 37 heavy (non-hydrogen) atoms. The number of carbonyl (C=O) groups is 2. The third-order valence-electron chi connectivity index (χ3n) is 6.18. The Hall–Kier alpha value is -4.06. The minimum absolute atomic E-state index is 0.166. The number of aromatic nitrogens is 2. The van der Waals surface area contributed by atoms with Crippen LogP contribution in [0.5, 0.6) is 5.75 Å². The van der Waals surface area contributed by atoms with Gasteiger partial charge in [0.05, 0.1) is 34.4 Å². The summed E-state index contributed by atoms with van der Waals surface area (Å²) in [7, 11) is 1.60. The molecule has 2 heterocycles. The summed E-state index contributed by atoms with van der Waals surface area (Å²) < 4.78 is 45.9. The maximum Gasteiger partial charge on any atom is 0.511 e. The summed E-state index contributed by atoms with van der Waals surface area (Å²) >= 11 is 5.95. The maximum absolute atomic E-state index is 13.4. The molecule has 4 rings (SSSR count). The zero-order valence-corrected chi connectivity index (χ0v) is 20.3. The normalized spacial score (nSPS) is 14.6. The van der Waals surface area contributed by atoms with Gasteiger partial charge in [-0.25, -0.2) is 9.59 Å². The third kappa shape index (κ3) is 4.37. The summed E-state index contributed by atoms with van der Waals surface area (Å²) in [4.78, 5) is 51.6. The van der Waals surface area contributed by atoms with E-state index in [1.54, 1.807) is 27.0 Å². The van der Waals surface area contributed by atoms with Crippen molar-refractivity contribution in [1.82, 2.24) is 9.13 Å². The van der Waals surface area contributed by atoms with Gasteiger partial charge in [0.2, 0.25) is 11.7 Å². The molecule has 0 fully saturated rings. The fourth-order valence-corrected chi connectivity index (χ4v) is 4.56. The molecule has 1 aromatic heterocycles. The van der Waals surface area contributed by atoms with Gasteiger partial charge in [0, 0.05) is 12.7 Å². The number of alkyl halides is 3. The van der Waals surface area contributed by atoms with Crippen LogP contribution in [0.3, 0.4) is 0 Å². The van der Waals surface area contributed by atoms with E-state index < -0.39 is 51.9 Å². The van der Waals surface area contributed by atoms with Crippen molar-refractivity contribution in [3.05, 3.63) is 85.1 Å². The largest absolute Gasteiger partial charge is 0.511 e. The van der Waals surface area contributed by atoms with Crippen LogP contribution in [0.1, 0.15) is 30.5 Å². The molecule has 1 N–H and O–H groups in total. The van der Waals surface area contributed by atoms with Crippen LogP contribution in [0.15, 0.2) is 52.2 Å². The molecule has 1 aliphatic heterocycles. The first-order valence-electron chi connectivity index (χ1n) is 10.7. The molecule has 0 saturated heterocycles. The Kier molecular flexibility index (Phi) is 6.19. The molecular weight excluding hydrogens is 519 g/mol. The van der Waals surface area contributed by atoms with Crippen molar-refractivity contribution in [2.75, 3.05) is 11.9 Å². The first-order chi connectivity index (χ1) is 17.1. The molecule has 1 amide bonds. The second-order valence-electron chi connectivity index (χ2n) is 8.87. The minimum atomic E-state index is -4.78. The van der Waals surface area contributed by atoms with Crippen LogP contribution in [0.2, 0.25) is 5.02 Å². The highest BCUT2D eigenvalue weighted by molar-refractivity contribution is 6.32. The number of hydrogen-bond acceptors (Lipinski definition) is 5. The lowest BCUT2D eigenvalue weighted by atomic mass is 9.86. The second-order valence-corrected chi connectivity index (χ2v) is 9.25. The Bertz CT molecular complexity index is 1580. The number of rotatable bonds is 4. The quantitative estimate of drug-likeness (QED) is 0.503. The summed E-state index contributed by atoms with van der Waals surface area (Å²) in [6, 6.07) is 7.62. The number of nitrogens with zero attached hydrogens (tertiary/aromatic N) is 3. The minimum Gasteiger partial charge on any atom is -0.449 e. The van der Waals surface area contributed by atoms with E-state index in [0.717, 1.165) is 22.9 Å². The lowest BCUT2D eigenvalue weighted by Crippen LogP contribution is -2.40. The molecule has 0 aliphatic carbocycles. The zero-order chi connectivity index (χ0) is 27.4. The van der Waals surface area contributed by atoms with E-state index in [2.05, 4.69) is 4.74 Å². The molecule has 0 radical (unpaired) electrons. The number of hydrogen-bond donors (Lipinski definition) is 1. The Morgan fingerprint density at radius 3 is 2.43 bits per heavy atom. The fourth-order valence-electron chi connectivity index (χ4n) is 4.27. The molecule has 0 saturated carbocycles. The van der Waals surface area contributed by atoms with E-state index in [9.17, 15) is 32.3 Å².